The molecule has 0 aliphatic rings. The number of hydrogen-bond donors (Lipinski definition) is 0. The Hall–Kier alpha value is -2.32. The molecule has 0 atom stereocenters. The molecular formula is C10H8F3NO5. The lowest BCUT2D eigenvalue weighted by Crippen LogP contribution is -2.17. The summed E-state index contributed by atoms with van der Waals surface area (Å²) >= 11 is 0. The Morgan fingerprint density at radius 2 is 2.00 bits per heavy atom. The van der Waals surface area contributed by atoms with Crippen molar-refractivity contribution in [1.29, 1.82) is 0 Å². The predicted octanol–water partition coefficient (Wildman–Crippen LogP) is 2.67. The molecule has 19 heavy (non-hydrogen) atoms. The van der Waals surface area contributed by atoms with E-state index in [2.05, 4.69) is 9.47 Å². The van der Waals surface area contributed by atoms with E-state index in [9.17, 15) is 28.1 Å². The fourth-order valence-electron chi connectivity index (χ4n) is 1.21. The van der Waals surface area contributed by atoms with Crippen LogP contribution in [0.25, 0.3) is 0 Å². The molecule has 104 valence electrons. The van der Waals surface area contributed by atoms with Gasteiger partial charge < -0.3 is 9.47 Å². The van der Waals surface area contributed by atoms with Crippen LogP contribution < -0.4 is 4.74 Å². The van der Waals surface area contributed by atoms with Crippen LogP contribution in [0.2, 0.25) is 0 Å². The average molecular weight is 279 g/mol. The van der Waals surface area contributed by atoms with Crippen LogP contribution in [-0.4, -0.2) is 23.9 Å². The minimum absolute atomic E-state index is 0.0169. The van der Waals surface area contributed by atoms with Gasteiger partial charge in [0.2, 0.25) is 0 Å². The fourth-order valence-corrected chi connectivity index (χ4v) is 1.21. The van der Waals surface area contributed by atoms with Gasteiger partial charge in [-0.3, -0.25) is 10.1 Å². The first-order chi connectivity index (χ1) is 8.73. The number of non-ortho nitro benzene ring substituents is 1. The zero-order valence-corrected chi connectivity index (χ0v) is 9.56. The first kappa shape index (κ1) is 14.7. The van der Waals surface area contributed by atoms with E-state index in [0.29, 0.717) is 6.07 Å². The third kappa shape index (κ3) is 4.45. The summed E-state index contributed by atoms with van der Waals surface area (Å²) in [4.78, 5) is 21.0. The summed E-state index contributed by atoms with van der Waals surface area (Å²) in [5.41, 5.74) is -1.10. The molecule has 0 unspecified atom stereocenters. The van der Waals surface area contributed by atoms with Crippen LogP contribution in [-0.2, 0) is 4.74 Å². The van der Waals surface area contributed by atoms with Gasteiger partial charge in [-0.15, -0.1) is 13.2 Å². The Morgan fingerprint density at radius 1 is 1.37 bits per heavy atom. The number of alkyl halides is 3. The Bertz CT molecular complexity index is 500. The maximum Gasteiger partial charge on any atom is 0.573 e. The number of nitrogens with zero attached hydrogens (tertiary/aromatic N) is 1. The van der Waals surface area contributed by atoms with E-state index in [4.69, 9.17) is 0 Å². The molecule has 0 heterocycles. The standard InChI is InChI=1S/C10H8F3NO5/c1-2-18-9(15)6-3-7(14(16)17)5-8(4-6)19-10(11,12)13/h3-5H,2H2,1H3. The summed E-state index contributed by atoms with van der Waals surface area (Å²) < 4.78 is 44.2. The number of nitro benzene ring substituents is 1. The highest BCUT2D eigenvalue weighted by atomic mass is 19.4. The molecule has 0 aliphatic heterocycles. The molecule has 0 radical (unpaired) electrons. The molecule has 0 saturated heterocycles. The van der Waals surface area contributed by atoms with Gasteiger partial charge >= 0.3 is 12.3 Å². The quantitative estimate of drug-likeness (QED) is 0.481. The highest BCUT2D eigenvalue weighted by molar-refractivity contribution is 5.90. The van der Waals surface area contributed by atoms with E-state index in [1.54, 1.807) is 0 Å². The summed E-state index contributed by atoms with van der Waals surface area (Å²) in [6, 6.07) is 2.09. The van der Waals surface area contributed by atoms with E-state index < -0.39 is 34.3 Å². The SMILES string of the molecule is CCOC(=O)c1cc(OC(F)(F)F)cc([N+](=O)[O-])c1. The van der Waals surface area contributed by atoms with Crippen LogP contribution in [0.5, 0.6) is 5.75 Å². The summed E-state index contributed by atoms with van der Waals surface area (Å²) in [5.74, 6) is -1.83. The first-order valence-electron chi connectivity index (χ1n) is 4.95. The molecule has 1 aromatic carbocycles. The Labute approximate surface area is 104 Å². The lowest BCUT2D eigenvalue weighted by Gasteiger charge is -2.10. The number of carbonyl (C=O) groups excluding carboxylic acids is 1. The summed E-state index contributed by atoms with van der Waals surface area (Å²) in [7, 11) is 0. The maximum absolute atomic E-state index is 12.0. The van der Waals surface area contributed by atoms with Gasteiger partial charge in [0.1, 0.15) is 5.75 Å². The van der Waals surface area contributed by atoms with E-state index in [-0.39, 0.29) is 6.61 Å². The van der Waals surface area contributed by atoms with Gasteiger partial charge in [0.25, 0.3) is 5.69 Å². The van der Waals surface area contributed by atoms with Crippen LogP contribution in [0.4, 0.5) is 18.9 Å². The topological polar surface area (TPSA) is 78.7 Å². The molecule has 0 saturated carbocycles. The largest absolute Gasteiger partial charge is 0.573 e. The van der Waals surface area contributed by atoms with Crippen molar-refractivity contribution in [2.45, 2.75) is 13.3 Å². The molecule has 0 fully saturated rings. The molecule has 0 bridgehead atoms. The summed E-state index contributed by atoms with van der Waals surface area (Å²) in [5, 5.41) is 10.6. The van der Waals surface area contributed by atoms with E-state index in [1.807, 2.05) is 0 Å². The second-order valence-corrected chi connectivity index (χ2v) is 3.24. The van der Waals surface area contributed by atoms with Crippen molar-refractivity contribution in [3.63, 3.8) is 0 Å². The molecule has 0 aromatic heterocycles. The second kappa shape index (κ2) is 5.55. The number of rotatable bonds is 4. The van der Waals surface area contributed by atoms with E-state index in [0.717, 1.165) is 12.1 Å². The number of esters is 1. The van der Waals surface area contributed by atoms with Crippen molar-refractivity contribution >= 4 is 11.7 Å². The Balaban J connectivity index is 3.18. The predicted molar refractivity (Wildman–Crippen MR) is 55.7 cm³/mol. The molecule has 0 aliphatic carbocycles. The van der Waals surface area contributed by atoms with Gasteiger partial charge in [-0.2, -0.15) is 0 Å². The average Bonchev–Trinajstić information content (AvgIpc) is 2.26. The van der Waals surface area contributed by atoms with Crippen LogP contribution >= 0.6 is 0 Å². The third-order valence-electron chi connectivity index (χ3n) is 1.85. The van der Waals surface area contributed by atoms with E-state index >= 15 is 0 Å². The molecule has 1 aromatic rings. The number of ether oxygens (including phenoxy) is 2. The lowest BCUT2D eigenvalue weighted by molar-refractivity contribution is -0.385. The van der Waals surface area contributed by atoms with Gasteiger partial charge in [0.05, 0.1) is 23.2 Å². The van der Waals surface area contributed by atoms with Crippen molar-refractivity contribution < 1.29 is 32.4 Å². The maximum atomic E-state index is 12.0. The zero-order chi connectivity index (χ0) is 14.6. The van der Waals surface area contributed by atoms with Gasteiger partial charge in [0.15, 0.2) is 0 Å². The van der Waals surface area contributed by atoms with Crippen LogP contribution in [0.15, 0.2) is 18.2 Å². The van der Waals surface area contributed by atoms with Gasteiger partial charge in [0, 0.05) is 6.07 Å². The Kier molecular flexibility index (Phi) is 4.30. The van der Waals surface area contributed by atoms with Crippen molar-refractivity contribution in [3.8, 4) is 5.75 Å². The highest BCUT2D eigenvalue weighted by Gasteiger charge is 2.32. The molecule has 0 N–H and O–H groups in total. The van der Waals surface area contributed by atoms with Gasteiger partial charge in [-0.25, -0.2) is 4.79 Å². The fraction of sp³-hybridized carbons (Fsp3) is 0.300. The van der Waals surface area contributed by atoms with E-state index in [1.165, 1.54) is 6.92 Å². The highest BCUT2D eigenvalue weighted by Crippen LogP contribution is 2.28. The van der Waals surface area contributed by atoms with Crippen molar-refractivity contribution in [3.05, 3.63) is 33.9 Å². The number of carbonyl (C=O) groups is 1. The lowest BCUT2D eigenvalue weighted by atomic mass is 10.2. The normalized spacial score (nSPS) is 10.9. The van der Waals surface area contributed by atoms with Crippen molar-refractivity contribution in [1.82, 2.24) is 0 Å². The number of hydrogen-bond acceptors (Lipinski definition) is 5. The first-order valence-corrected chi connectivity index (χ1v) is 4.95. The second-order valence-electron chi connectivity index (χ2n) is 3.24. The molecule has 1 rings (SSSR count). The minimum atomic E-state index is -5.01. The zero-order valence-electron chi connectivity index (χ0n) is 9.56. The summed E-state index contributed by atoms with van der Waals surface area (Å²) in [6.45, 7) is 1.47. The summed E-state index contributed by atoms with van der Waals surface area (Å²) in [6.07, 6.45) is -5.01. The molecule has 9 heteroatoms. The number of benzene rings is 1. The van der Waals surface area contributed by atoms with Crippen LogP contribution in [0.1, 0.15) is 17.3 Å². The molecule has 0 amide bonds. The van der Waals surface area contributed by atoms with Crippen LogP contribution in [0, 0.1) is 10.1 Å². The third-order valence-corrected chi connectivity index (χ3v) is 1.85. The van der Waals surface area contributed by atoms with Gasteiger partial charge in [-0.1, -0.05) is 0 Å². The minimum Gasteiger partial charge on any atom is -0.462 e. The molecular weight excluding hydrogens is 271 g/mol. The van der Waals surface area contributed by atoms with Crippen LogP contribution in [0.3, 0.4) is 0 Å². The van der Waals surface area contributed by atoms with Gasteiger partial charge in [-0.05, 0) is 13.0 Å². The molecule has 6 nitrogen and oxygen atoms in total. The number of nitro groups is 1. The number of halogens is 3. The smallest absolute Gasteiger partial charge is 0.462 e. The van der Waals surface area contributed by atoms with Crippen molar-refractivity contribution in [2.24, 2.45) is 0 Å². The Morgan fingerprint density at radius 3 is 2.47 bits per heavy atom. The monoisotopic (exact) mass is 279 g/mol. The van der Waals surface area contributed by atoms with Crippen molar-refractivity contribution in [2.75, 3.05) is 6.61 Å². The molecule has 0 spiro atoms.